The number of carbonyl (C=O) groups is 1. The van der Waals surface area contributed by atoms with Gasteiger partial charge in [0.05, 0.1) is 10.5 Å². The molecule has 0 atom stereocenters. The highest BCUT2D eigenvalue weighted by molar-refractivity contribution is 6.36. The van der Waals surface area contributed by atoms with Crippen LogP contribution in [0.25, 0.3) is 10.9 Å². The van der Waals surface area contributed by atoms with Gasteiger partial charge >= 0.3 is 0 Å². The molecular formula is C21H19ClN2O. The summed E-state index contributed by atoms with van der Waals surface area (Å²) in [7, 11) is 1.79. The Bertz CT molecular complexity index is 953. The average molecular weight is 351 g/mol. The fraction of sp³-hybridized carbons (Fsp3) is 0.238. The van der Waals surface area contributed by atoms with Crippen LogP contribution in [0.1, 0.15) is 34.5 Å². The standard InChI is InChI=1S/C21H19ClN2O/c1-24(15-7-3-2-4-8-15)21(25)14-11-12-17-19(13-14)23-18-10-6-5-9-16(18)20(17)22/h2-4,7-8,11-13H,5-6,9-10H2,1H3. The van der Waals surface area contributed by atoms with E-state index in [0.717, 1.165) is 46.6 Å². The molecule has 0 fully saturated rings. The molecule has 0 radical (unpaired) electrons. The molecule has 0 spiro atoms. The Morgan fingerprint density at radius 2 is 1.84 bits per heavy atom. The number of amides is 1. The number of nitrogens with zero attached hydrogens (tertiary/aromatic N) is 2. The van der Waals surface area contributed by atoms with Crippen LogP contribution in [0.4, 0.5) is 5.69 Å². The van der Waals surface area contributed by atoms with E-state index in [1.54, 1.807) is 11.9 Å². The maximum absolute atomic E-state index is 12.8. The SMILES string of the molecule is CN(C(=O)c1ccc2c(Cl)c3c(nc2c1)CCCC3)c1ccccc1. The van der Waals surface area contributed by atoms with Gasteiger partial charge in [0.25, 0.3) is 5.91 Å². The van der Waals surface area contributed by atoms with Crippen LogP contribution in [0, 0.1) is 0 Å². The van der Waals surface area contributed by atoms with Gasteiger partial charge < -0.3 is 4.90 Å². The van der Waals surface area contributed by atoms with Crippen molar-refractivity contribution in [2.24, 2.45) is 0 Å². The molecule has 0 N–H and O–H groups in total. The zero-order valence-electron chi connectivity index (χ0n) is 14.1. The Kier molecular flexibility index (Phi) is 4.18. The molecule has 1 amide bonds. The molecule has 1 aromatic heterocycles. The number of para-hydroxylation sites is 1. The molecule has 1 aliphatic carbocycles. The number of anilines is 1. The van der Waals surface area contributed by atoms with Gasteiger partial charge in [-0.15, -0.1) is 0 Å². The van der Waals surface area contributed by atoms with Crippen molar-refractivity contribution >= 4 is 34.1 Å². The Morgan fingerprint density at radius 3 is 2.64 bits per heavy atom. The third kappa shape index (κ3) is 2.89. The van der Waals surface area contributed by atoms with Crippen LogP contribution in [0.15, 0.2) is 48.5 Å². The maximum Gasteiger partial charge on any atom is 0.258 e. The lowest BCUT2D eigenvalue weighted by Crippen LogP contribution is -2.26. The Balaban J connectivity index is 1.75. The van der Waals surface area contributed by atoms with Gasteiger partial charge in [-0.25, -0.2) is 0 Å². The lowest BCUT2D eigenvalue weighted by molar-refractivity contribution is 0.0993. The van der Waals surface area contributed by atoms with Gasteiger partial charge in [0.2, 0.25) is 0 Å². The van der Waals surface area contributed by atoms with Crippen molar-refractivity contribution in [1.82, 2.24) is 4.98 Å². The number of carbonyl (C=O) groups excluding carboxylic acids is 1. The summed E-state index contributed by atoms with van der Waals surface area (Å²) in [6.07, 6.45) is 4.27. The molecule has 126 valence electrons. The summed E-state index contributed by atoms with van der Waals surface area (Å²) >= 11 is 6.61. The smallest absolute Gasteiger partial charge is 0.258 e. The number of aryl methyl sites for hydroxylation is 1. The predicted octanol–water partition coefficient (Wildman–Crippen LogP) is 5.04. The van der Waals surface area contributed by atoms with Crippen LogP contribution in [-0.2, 0) is 12.8 Å². The summed E-state index contributed by atoms with van der Waals surface area (Å²) in [6.45, 7) is 0. The largest absolute Gasteiger partial charge is 0.311 e. The van der Waals surface area contributed by atoms with E-state index in [0.29, 0.717) is 5.56 Å². The molecule has 0 aliphatic heterocycles. The average Bonchev–Trinajstić information content (AvgIpc) is 2.67. The Labute approximate surface area is 152 Å². The first kappa shape index (κ1) is 16.1. The quantitative estimate of drug-likeness (QED) is 0.648. The van der Waals surface area contributed by atoms with E-state index in [4.69, 9.17) is 16.6 Å². The minimum absolute atomic E-state index is 0.0521. The van der Waals surface area contributed by atoms with E-state index < -0.39 is 0 Å². The lowest BCUT2D eigenvalue weighted by atomic mass is 9.94. The minimum atomic E-state index is -0.0521. The van der Waals surface area contributed by atoms with Crippen molar-refractivity contribution in [3.8, 4) is 0 Å². The Hall–Kier alpha value is -2.39. The third-order valence-electron chi connectivity index (χ3n) is 4.89. The summed E-state index contributed by atoms with van der Waals surface area (Å²) in [5.41, 5.74) is 4.56. The van der Waals surface area contributed by atoms with Crippen LogP contribution in [0.5, 0.6) is 0 Å². The highest BCUT2D eigenvalue weighted by Gasteiger charge is 2.19. The summed E-state index contributed by atoms with van der Waals surface area (Å²) in [4.78, 5) is 19.3. The van der Waals surface area contributed by atoms with Crippen LogP contribution in [0.3, 0.4) is 0 Å². The summed E-state index contributed by atoms with van der Waals surface area (Å²) < 4.78 is 0. The molecule has 3 nitrogen and oxygen atoms in total. The fourth-order valence-electron chi connectivity index (χ4n) is 3.46. The molecule has 4 rings (SSSR count). The van der Waals surface area contributed by atoms with Crippen molar-refractivity contribution in [3.63, 3.8) is 0 Å². The number of hydrogen-bond donors (Lipinski definition) is 0. The molecular weight excluding hydrogens is 332 g/mol. The number of rotatable bonds is 2. The molecule has 2 aromatic carbocycles. The van der Waals surface area contributed by atoms with Gasteiger partial charge in [-0.05, 0) is 55.5 Å². The first-order valence-corrected chi connectivity index (χ1v) is 8.97. The first-order chi connectivity index (χ1) is 12.1. The number of hydrogen-bond acceptors (Lipinski definition) is 2. The van der Waals surface area contributed by atoms with Crippen molar-refractivity contribution < 1.29 is 4.79 Å². The normalized spacial score (nSPS) is 13.5. The molecule has 0 saturated heterocycles. The van der Waals surface area contributed by atoms with Gasteiger partial charge in [0.1, 0.15) is 0 Å². The number of fused-ring (bicyclic) bond motifs is 2. The molecule has 1 aliphatic rings. The maximum atomic E-state index is 12.8. The van der Waals surface area contributed by atoms with Crippen molar-refractivity contribution in [2.75, 3.05) is 11.9 Å². The van der Waals surface area contributed by atoms with E-state index in [2.05, 4.69) is 0 Å². The van der Waals surface area contributed by atoms with Gasteiger partial charge in [-0.3, -0.25) is 9.78 Å². The highest BCUT2D eigenvalue weighted by atomic mass is 35.5. The van der Waals surface area contributed by atoms with Crippen LogP contribution >= 0.6 is 11.6 Å². The van der Waals surface area contributed by atoms with E-state index in [1.165, 1.54) is 12.0 Å². The predicted molar refractivity (Wildman–Crippen MR) is 103 cm³/mol. The van der Waals surface area contributed by atoms with E-state index >= 15 is 0 Å². The second kappa shape index (κ2) is 6.49. The van der Waals surface area contributed by atoms with E-state index in [1.807, 2.05) is 48.5 Å². The molecule has 1 heterocycles. The molecule has 0 unspecified atom stereocenters. The molecule has 4 heteroatoms. The summed E-state index contributed by atoms with van der Waals surface area (Å²) in [6, 6.07) is 15.2. The van der Waals surface area contributed by atoms with E-state index in [9.17, 15) is 4.79 Å². The highest BCUT2D eigenvalue weighted by Crippen LogP contribution is 2.33. The van der Waals surface area contributed by atoms with E-state index in [-0.39, 0.29) is 5.91 Å². The number of aromatic nitrogens is 1. The summed E-state index contributed by atoms with van der Waals surface area (Å²) in [5.74, 6) is -0.0521. The monoisotopic (exact) mass is 350 g/mol. The first-order valence-electron chi connectivity index (χ1n) is 8.59. The molecule has 25 heavy (non-hydrogen) atoms. The van der Waals surface area contributed by atoms with Crippen molar-refractivity contribution in [1.29, 1.82) is 0 Å². The van der Waals surface area contributed by atoms with Crippen LogP contribution < -0.4 is 4.90 Å². The minimum Gasteiger partial charge on any atom is -0.311 e. The summed E-state index contributed by atoms with van der Waals surface area (Å²) in [5, 5.41) is 1.73. The molecule has 0 bridgehead atoms. The lowest BCUT2D eigenvalue weighted by Gasteiger charge is -2.19. The second-order valence-corrected chi connectivity index (χ2v) is 6.87. The number of halogens is 1. The van der Waals surface area contributed by atoms with Gasteiger partial charge in [-0.1, -0.05) is 35.9 Å². The number of pyridine rings is 1. The van der Waals surface area contributed by atoms with Gasteiger partial charge in [0.15, 0.2) is 0 Å². The third-order valence-corrected chi connectivity index (χ3v) is 5.32. The molecule has 0 saturated carbocycles. The fourth-order valence-corrected chi connectivity index (χ4v) is 3.83. The second-order valence-electron chi connectivity index (χ2n) is 6.49. The van der Waals surface area contributed by atoms with Crippen molar-refractivity contribution in [3.05, 3.63) is 70.4 Å². The van der Waals surface area contributed by atoms with Gasteiger partial charge in [0, 0.05) is 29.4 Å². The molecule has 3 aromatic rings. The van der Waals surface area contributed by atoms with Crippen LogP contribution in [-0.4, -0.2) is 17.9 Å². The van der Waals surface area contributed by atoms with Gasteiger partial charge in [-0.2, -0.15) is 0 Å². The van der Waals surface area contributed by atoms with Crippen LogP contribution in [0.2, 0.25) is 5.02 Å². The Morgan fingerprint density at radius 1 is 1.08 bits per heavy atom. The zero-order valence-corrected chi connectivity index (χ0v) is 14.9. The van der Waals surface area contributed by atoms with Crippen molar-refractivity contribution in [2.45, 2.75) is 25.7 Å². The number of benzene rings is 2. The topological polar surface area (TPSA) is 33.2 Å². The zero-order chi connectivity index (χ0) is 17.4.